The molecule has 1 fully saturated rings. The average Bonchev–Trinajstić information content (AvgIpc) is 3.49. The standard InChI is InChI=1S/C26H20FN3O3S/c1-32-25(31)17-11-9-16(10-12-17)21-13-14-22(33-21)24-23(19-7-4-5-15-28-19)29-26(34)30(24)20-8-3-2-6-18(20)27/h2-15,23-24H,1H3,(H,29,34)/t23-,24-/m0/s1. The van der Waals surface area contributed by atoms with Crippen molar-refractivity contribution in [3.8, 4) is 11.3 Å². The van der Waals surface area contributed by atoms with Crippen LogP contribution >= 0.6 is 12.2 Å². The maximum atomic E-state index is 14.8. The van der Waals surface area contributed by atoms with E-state index < -0.39 is 12.0 Å². The van der Waals surface area contributed by atoms with E-state index in [2.05, 4.69) is 10.3 Å². The van der Waals surface area contributed by atoms with Crippen LogP contribution in [0.25, 0.3) is 11.3 Å². The Labute approximate surface area is 201 Å². The number of hydrogen-bond acceptors (Lipinski definition) is 5. The van der Waals surface area contributed by atoms with Crippen LogP contribution in [0.4, 0.5) is 10.1 Å². The molecule has 3 heterocycles. The van der Waals surface area contributed by atoms with Gasteiger partial charge >= 0.3 is 5.97 Å². The summed E-state index contributed by atoms with van der Waals surface area (Å²) in [6, 6.07) is 21.9. The number of anilines is 1. The summed E-state index contributed by atoms with van der Waals surface area (Å²) in [6.07, 6.45) is 1.71. The van der Waals surface area contributed by atoms with Crippen LogP contribution in [-0.4, -0.2) is 23.2 Å². The highest BCUT2D eigenvalue weighted by molar-refractivity contribution is 7.80. The van der Waals surface area contributed by atoms with Crippen LogP contribution in [0.5, 0.6) is 0 Å². The predicted molar refractivity (Wildman–Crippen MR) is 130 cm³/mol. The SMILES string of the molecule is COC(=O)c1ccc(-c2ccc([C@H]3[C@H](c4ccccn4)NC(=S)N3c3ccccc3F)o2)cc1. The Bertz CT molecular complexity index is 1340. The van der Waals surface area contributed by atoms with Gasteiger partial charge in [0.05, 0.1) is 30.1 Å². The molecule has 0 saturated carbocycles. The van der Waals surface area contributed by atoms with Crippen LogP contribution in [-0.2, 0) is 4.74 Å². The zero-order valence-electron chi connectivity index (χ0n) is 18.1. The Hall–Kier alpha value is -4.04. The number of hydrogen-bond donors (Lipinski definition) is 1. The van der Waals surface area contributed by atoms with Gasteiger partial charge in [0.15, 0.2) is 5.11 Å². The highest BCUT2D eigenvalue weighted by atomic mass is 32.1. The van der Waals surface area contributed by atoms with Crippen LogP contribution in [0.15, 0.2) is 89.5 Å². The zero-order chi connectivity index (χ0) is 23.7. The van der Waals surface area contributed by atoms with Crippen LogP contribution in [0.1, 0.15) is 33.9 Å². The second-order valence-corrected chi connectivity index (χ2v) is 8.11. The van der Waals surface area contributed by atoms with Crippen molar-refractivity contribution in [3.05, 3.63) is 108 Å². The first kappa shape index (κ1) is 21.8. The van der Waals surface area contributed by atoms with Crippen LogP contribution < -0.4 is 10.2 Å². The summed E-state index contributed by atoms with van der Waals surface area (Å²) >= 11 is 5.62. The Morgan fingerprint density at radius 1 is 1.06 bits per heavy atom. The van der Waals surface area contributed by atoms with E-state index in [9.17, 15) is 9.18 Å². The predicted octanol–water partition coefficient (Wildman–Crippen LogP) is 5.44. The minimum absolute atomic E-state index is 0.351. The lowest BCUT2D eigenvalue weighted by Crippen LogP contribution is -2.30. The van der Waals surface area contributed by atoms with Crippen molar-refractivity contribution in [2.24, 2.45) is 0 Å². The second-order valence-electron chi connectivity index (χ2n) is 7.72. The summed E-state index contributed by atoms with van der Waals surface area (Å²) in [5.41, 5.74) is 2.35. The highest BCUT2D eigenvalue weighted by Crippen LogP contribution is 2.43. The molecule has 1 aliphatic heterocycles. The molecular formula is C26H20FN3O3S. The number of benzene rings is 2. The van der Waals surface area contributed by atoms with Crippen molar-refractivity contribution in [2.45, 2.75) is 12.1 Å². The van der Waals surface area contributed by atoms with Crippen molar-refractivity contribution in [3.63, 3.8) is 0 Å². The van der Waals surface area contributed by atoms with E-state index in [1.807, 2.05) is 30.3 Å². The Kier molecular flexibility index (Phi) is 5.81. The first-order valence-corrected chi connectivity index (χ1v) is 11.0. The fourth-order valence-electron chi connectivity index (χ4n) is 4.11. The van der Waals surface area contributed by atoms with E-state index >= 15 is 0 Å². The molecule has 5 rings (SSSR count). The normalized spacial score (nSPS) is 17.5. The zero-order valence-corrected chi connectivity index (χ0v) is 19.0. The number of rotatable bonds is 5. The van der Waals surface area contributed by atoms with Gasteiger partial charge in [-0.2, -0.15) is 0 Å². The van der Waals surface area contributed by atoms with E-state index in [-0.39, 0.29) is 11.9 Å². The number of nitrogens with one attached hydrogen (secondary N) is 1. The molecule has 2 aromatic carbocycles. The first-order chi connectivity index (χ1) is 16.6. The molecule has 0 amide bonds. The molecule has 2 atom stereocenters. The quantitative estimate of drug-likeness (QED) is 0.306. The maximum Gasteiger partial charge on any atom is 0.337 e. The molecule has 0 unspecified atom stereocenters. The minimum atomic E-state index is -0.470. The van der Waals surface area contributed by atoms with Gasteiger partial charge in [-0.3, -0.25) is 4.98 Å². The molecule has 4 aromatic rings. The van der Waals surface area contributed by atoms with Gasteiger partial charge in [0.2, 0.25) is 0 Å². The third-order valence-corrected chi connectivity index (χ3v) is 6.03. The molecule has 8 heteroatoms. The molecule has 1 aliphatic rings. The van der Waals surface area contributed by atoms with Crippen LogP contribution in [0, 0.1) is 5.82 Å². The highest BCUT2D eigenvalue weighted by Gasteiger charge is 2.43. The lowest BCUT2D eigenvalue weighted by molar-refractivity contribution is 0.0600. The minimum Gasteiger partial charge on any atom is -0.465 e. The number of esters is 1. The molecule has 2 aromatic heterocycles. The van der Waals surface area contributed by atoms with Crippen molar-refractivity contribution in [1.82, 2.24) is 10.3 Å². The molecule has 170 valence electrons. The van der Waals surface area contributed by atoms with Crippen molar-refractivity contribution >= 4 is 29.0 Å². The number of furan rings is 1. The van der Waals surface area contributed by atoms with Gasteiger partial charge in [0.1, 0.15) is 23.4 Å². The van der Waals surface area contributed by atoms with E-state index in [4.69, 9.17) is 21.4 Å². The number of ether oxygens (including phenoxy) is 1. The Balaban J connectivity index is 1.56. The first-order valence-electron chi connectivity index (χ1n) is 10.6. The van der Waals surface area contributed by atoms with E-state index in [0.29, 0.717) is 27.9 Å². The fraction of sp³-hybridized carbons (Fsp3) is 0.115. The lowest BCUT2D eigenvalue weighted by Gasteiger charge is -2.26. The number of halogens is 1. The van der Waals surface area contributed by atoms with Gasteiger partial charge in [-0.15, -0.1) is 0 Å². The number of nitrogens with zero attached hydrogens (tertiary/aromatic N) is 2. The summed E-state index contributed by atoms with van der Waals surface area (Å²) in [6.45, 7) is 0. The second kappa shape index (κ2) is 9.07. The number of methoxy groups -OCH3 is 1. The molecule has 0 radical (unpaired) electrons. The van der Waals surface area contributed by atoms with Gasteiger partial charge in [-0.25, -0.2) is 9.18 Å². The number of pyridine rings is 1. The molecule has 0 aliphatic carbocycles. The summed E-state index contributed by atoms with van der Waals surface area (Å²) in [5.74, 6) is 0.412. The van der Waals surface area contributed by atoms with Crippen molar-refractivity contribution in [2.75, 3.05) is 12.0 Å². The lowest BCUT2D eigenvalue weighted by atomic mass is 10.0. The third-order valence-electron chi connectivity index (χ3n) is 5.72. The molecule has 34 heavy (non-hydrogen) atoms. The molecule has 0 bridgehead atoms. The summed E-state index contributed by atoms with van der Waals surface area (Å²) in [4.78, 5) is 18.0. The monoisotopic (exact) mass is 473 g/mol. The molecule has 0 spiro atoms. The maximum absolute atomic E-state index is 14.8. The largest absolute Gasteiger partial charge is 0.465 e. The fourth-order valence-corrected chi connectivity index (χ4v) is 4.44. The van der Waals surface area contributed by atoms with Gasteiger partial charge in [-0.1, -0.05) is 30.3 Å². The third kappa shape index (κ3) is 3.92. The Morgan fingerprint density at radius 2 is 1.82 bits per heavy atom. The van der Waals surface area contributed by atoms with Crippen molar-refractivity contribution < 1.29 is 18.3 Å². The summed E-state index contributed by atoms with van der Waals surface area (Å²) in [5, 5.41) is 3.67. The van der Waals surface area contributed by atoms with Crippen LogP contribution in [0.2, 0.25) is 0 Å². The van der Waals surface area contributed by atoms with Gasteiger partial charge < -0.3 is 19.4 Å². The van der Waals surface area contributed by atoms with E-state index in [1.165, 1.54) is 13.2 Å². The number of para-hydroxylation sites is 1. The van der Waals surface area contributed by atoms with Crippen molar-refractivity contribution in [1.29, 1.82) is 0 Å². The van der Waals surface area contributed by atoms with Gasteiger partial charge in [-0.05, 0) is 60.7 Å². The Morgan fingerprint density at radius 3 is 2.53 bits per heavy atom. The smallest absolute Gasteiger partial charge is 0.337 e. The number of aromatic nitrogens is 1. The summed E-state index contributed by atoms with van der Waals surface area (Å²) in [7, 11) is 1.34. The van der Waals surface area contributed by atoms with Gasteiger partial charge in [0, 0.05) is 11.8 Å². The number of carbonyl (C=O) groups is 1. The summed E-state index contributed by atoms with van der Waals surface area (Å²) < 4.78 is 25.8. The average molecular weight is 474 g/mol. The molecule has 6 nitrogen and oxygen atoms in total. The molecular weight excluding hydrogens is 453 g/mol. The number of thiocarbonyl (C=S) groups is 1. The molecule has 1 N–H and O–H groups in total. The molecule has 1 saturated heterocycles. The topological polar surface area (TPSA) is 67.6 Å². The van der Waals surface area contributed by atoms with E-state index in [1.54, 1.807) is 53.6 Å². The van der Waals surface area contributed by atoms with Crippen LogP contribution in [0.3, 0.4) is 0 Å². The number of carbonyl (C=O) groups excluding carboxylic acids is 1. The van der Waals surface area contributed by atoms with Gasteiger partial charge in [0.25, 0.3) is 0 Å². The van der Waals surface area contributed by atoms with E-state index in [0.717, 1.165) is 11.3 Å².